The highest BCUT2D eigenvalue weighted by molar-refractivity contribution is 9.10. The highest BCUT2D eigenvalue weighted by Crippen LogP contribution is 2.24. The van der Waals surface area contributed by atoms with Gasteiger partial charge < -0.3 is 10.6 Å². The van der Waals surface area contributed by atoms with Gasteiger partial charge in [-0.2, -0.15) is 5.26 Å². The van der Waals surface area contributed by atoms with Crippen molar-refractivity contribution >= 4 is 38.9 Å². The minimum absolute atomic E-state index is 0.0261. The number of nitrogens with zero attached hydrogens (tertiary/aromatic N) is 2. The van der Waals surface area contributed by atoms with Crippen molar-refractivity contribution in [3.8, 4) is 6.07 Å². The van der Waals surface area contributed by atoms with Crippen molar-refractivity contribution in [3.05, 3.63) is 74.4 Å². The molecular formula is C17H13BrN4O3. The largest absolute Gasteiger partial charge is 0.360 e. The number of hydrogen-bond acceptors (Lipinski definition) is 5. The highest BCUT2D eigenvalue weighted by atomic mass is 79.9. The lowest BCUT2D eigenvalue weighted by molar-refractivity contribution is -0.383. The first kappa shape index (κ1) is 18.2. The summed E-state index contributed by atoms with van der Waals surface area (Å²) in [6, 6.07) is 13.0. The summed E-state index contributed by atoms with van der Waals surface area (Å²) in [6.07, 6.45) is 1.26. The average molecular weight is 401 g/mol. The topological polar surface area (TPSA) is 108 Å². The summed E-state index contributed by atoms with van der Waals surface area (Å²) in [6.45, 7) is 1.91. The van der Waals surface area contributed by atoms with Crippen LogP contribution in [0, 0.1) is 28.4 Å². The Hall–Kier alpha value is -3.18. The number of anilines is 2. The van der Waals surface area contributed by atoms with Crippen LogP contribution in [-0.4, -0.2) is 10.8 Å². The Morgan fingerprint density at radius 3 is 2.68 bits per heavy atom. The summed E-state index contributed by atoms with van der Waals surface area (Å²) in [5.74, 6) is -0.738. The van der Waals surface area contributed by atoms with Gasteiger partial charge >= 0.3 is 0 Å². The molecule has 0 fully saturated rings. The molecule has 0 radical (unpaired) electrons. The second kappa shape index (κ2) is 8.08. The van der Waals surface area contributed by atoms with E-state index in [-0.39, 0.29) is 16.9 Å². The van der Waals surface area contributed by atoms with Gasteiger partial charge in [0, 0.05) is 22.4 Å². The van der Waals surface area contributed by atoms with E-state index in [0.717, 1.165) is 10.0 Å². The quantitative estimate of drug-likeness (QED) is 0.339. The Labute approximate surface area is 152 Å². The van der Waals surface area contributed by atoms with Crippen molar-refractivity contribution in [3.63, 3.8) is 0 Å². The van der Waals surface area contributed by atoms with Gasteiger partial charge in [-0.25, -0.2) is 0 Å². The van der Waals surface area contributed by atoms with Crippen LogP contribution in [0.4, 0.5) is 17.1 Å². The Morgan fingerprint density at radius 1 is 1.32 bits per heavy atom. The van der Waals surface area contributed by atoms with Gasteiger partial charge in [-0.05, 0) is 36.8 Å². The number of nitriles is 1. The first-order chi connectivity index (χ1) is 11.9. The van der Waals surface area contributed by atoms with Crippen LogP contribution >= 0.6 is 15.9 Å². The second-order valence-corrected chi connectivity index (χ2v) is 5.86. The number of aryl methyl sites for hydroxylation is 1. The molecule has 7 nitrogen and oxygen atoms in total. The van der Waals surface area contributed by atoms with Gasteiger partial charge in [0.2, 0.25) is 0 Å². The molecule has 0 spiro atoms. The fraction of sp³-hybridized carbons (Fsp3) is 0.0588. The van der Waals surface area contributed by atoms with Crippen molar-refractivity contribution in [2.45, 2.75) is 6.92 Å². The lowest BCUT2D eigenvalue weighted by Crippen LogP contribution is -2.15. The number of hydrogen-bond donors (Lipinski definition) is 2. The van der Waals surface area contributed by atoms with Crippen molar-refractivity contribution < 1.29 is 9.72 Å². The fourth-order valence-corrected chi connectivity index (χ4v) is 2.21. The fourth-order valence-electron chi connectivity index (χ4n) is 1.97. The Balaban J connectivity index is 2.17. The van der Waals surface area contributed by atoms with E-state index in [1.54, 1.807) is 18.2 Å². The zero-order valence-corrected chi connectivity index (χ0v) is 14.7. The third-order valence-electron chi connectivity index (χ3n) is 3.26. The maximum atomic E-state index is 12.2. The van der Waals surface area contributed by atoms with E-state index in [1.165, 1.54) is 24.4 Å². The van der Waals surface area contributed by atoms with Crippen LogP contribution < -0.4 is 10.6 Å². The first-order valence-corrected chi connectivity index (χ1v) is 7.89. The molecule has 2 N–H and O–H groups in total. The molecule has 2 aromatic carbocycles. The summed E-state index contributed by atoms with van der Waals surface area (Å²) in [5, 5.41) is 25.4. The van der Waals surface area contributed by atoms with Crippen LogP contribution in [0.15, 0.2) is 58.7 Å². The molecule has 0 saturated heterocycles. The van der Waals surface area contributed by atoms with Crippen molar-refractivity contribution in [2.75, 3.05) is 10.6 Å². The van der Waals surface area contributed by atoms with E-state index < -0.39 is 10.8 Å². The van der Waals surface area contributed by atoms with Gasteiger partial charge in [0.25, 0.3) is 11.6 Å². The summed E-state index contributed by atoms with van der Waals surface area (Å²) < 4.78 is 0.941. The number of carbonyl (C=O) groups is 1. The predicted molar refractivity (Wildman–Crippen MR) is 97.9 cm³/mol. The molecule has 0 aromatic heterocycles. The minimum atomic E-state index is -0.738. The molecule has 1 amide bonds. The van der Waals surface area contributed by atoms with Gasteiger partial charge in [-0.1, -0.05) is 28.1 Å². The zero-order valence-electron chi connectivity index (χ0n) is 13.1. The normalized spacial score (nSPS) is 10.7. The maximum absolute atomic E-state index is 12.2. The number of rotatable bonds is 5. The van der Waals surface area contributed by atoms with Crippen LogP contribution in [0.25, 0.3) is 0 Å². The molecule has 0 saturated carbocycles. The number of nitro groups is 1. The molecule has 0 heterocycles. The molecular weight excluding hydrogens is 388 g/mol. The van der Waals surface area contributed by atoms with E-state index in [1.807, 2.05) is 19.1 Å². The Kier molecular flexibility index (Phi) is 5.87. The van der Waals surface area contributed by atoms with Gasteiger partial charge in [0.05, 0.1) is 4.92 Å². The molecule has 0 aliphatic rings. The lowest BCUT2D eigenvalue weighted by Gasteiger charge is -2.07. The van der Waals surface area contributed by atoms with E-state index >= 15 is 0 Å². The van der Waals surface area contributed by atoms with Gasteiger partial charge in [0.1, 0.15) is 17.3 Å². The first-order valence-electron chi connectivity index (χ1n) is 7.10. The van der Waals surface area contributed by atoms with Crippen LogP contribution in [0.1, 0.15) is 5.56 Å². The highest BCUT2D eigenvalue weighted by Gasteiger charge is 2.17. The van der Waals surface area contributed by atoms with Crippen LogP contribution in [-0.2, 0) is 4.79 Å². The molecule has 0 aliphatic heterocycles. The molecule has 0 aliphatic carbocycles. The molecule has 126 valence electrons. The second-order valence-electron chi connectivity index (χ2n) is 5.01. The molecule has 0 unspecified atom stereocenters. The monoisotopic (exact) mass is 400 g/mol. The number of halogens is 1. The van der Waals surface area contributed by atoms with E-state index in [0.29, 0.717) is 5.69 Å². The summed E-state index contributed by atoms with van der Waals surface area (Å²) in [7, 11) is 0. The van der Waals surface area contributed by atoms with Gasteiger partial charge in [-0.15, -0.1) is 0 Å². The van der Waals surface area contributed by atoms with Crippen LogP contribution in [0.5, 0.6) is 0 Å². The third kappa shape index (κ3) is 4.65. The number of nitrogens with one attached hydrogen (secondary N) is 2. The Morgan fingerprint density at radius 2 is 2.04 bits per heavy atom. The van der Waals surface area contributed by atoms with E-state index in [9.17, 15) is 14.9 Å². The average Bonchev–Trinajstić information content (AvgIpc) is 2.58. The van der Waals surface area contributed by atoms with E-state index in [2.05, 4.69) is 26.6 Å². The predicted octanol–water partition coefficient (Wildman–Crippen LogP) is 4.12. The number of para-hydroxylation sites is 2. The molecule has 25 heavy (non-hydrogen) atoms. The number of nitro benzene ring substituents is 1. The van der Waals surface area contributed by atoms with Crippen molar-refractivity contribution in [2.24, 2.45) is 0 Å². The lowest BCUT2D eigenvalue weighted by atomic mass is 10.2. The minimum Gasteiger partial charge on any atom is -0.360 e. The number of amides is 1. The maximum Gasteiger partial charge on any atom is 0.292 e. The summed E-state index contributed by atoms with van der Waals surface area (Å²) in [4.78, 5) is 22.6. The SMILES string of the molecule is Cc1cc(N/C=C(/C#N)C(=O)Nc2ccccc2[N+](=O)[O-])ccc1Br. The summed E-state index contributed by atoms with van der Waals surface area (Å²) >= 11 is 3.39. The van der Waals surface area contributed by atoms with Gasteiger partial charge in [-0.3, -0.25) is 14.9 Å². The summed E-state index contributed by atoms with van der Waals surface area (Å²) in [5.41, 5.74) is 1.26. The standard InChI is InChI=1S/C17H13BrN4O3/c1-11-8-13(6-7-14(11)18)20-10-12(9-19)17(23)21-15-4-2-3-5-16(15)22(24)25/h2-8,10,20H,1H3,(H,21,23)/b12-10-. The third-order valence-corrected chi connectivity index (χ3v) is 4.14. The molecule has 2 rings (SSSR count). The van der Waals surface area contributed by atoms with Gasteiger partial charge in [0.15, 0.2) is 0 Å². The van der Waals surface area contributed by atoms with E-state index in [4.69, 9.17) is 5.26 Å². The van der Waals surface area contributed by atoms with Crippen LogP contribution in [0.2, 0.25) is 0 Å². The smallest absolute Gasteiger partial charge is 0.292 e. The molecule has 2 aromatic rings. The molecule has 0 atom stereocenters. The van der Waals surface area contributed by atoms with Crippen LogP contribution in [0.3, 0.4) is 0 Å². The number of carbonyl (C=O) groups excluding carboxylic acids is 1. The Bertz CT molecular complexity index is 903. The number of benzene rings is 2. The zero-order chi connectivity index (χ0) is 18.4. The molecule has 8 heteroatoms. The van der Waals surface area contributed by atoms with Crippen molar-refractivity contribution in [1.29, 1.82) is 5.26 Å². The van der Waals surface area contributed by atoms with Crippen molar-refractivity contribution in [1.82, 2.24) is 0 Å². The molecule has 0 bridgehead atoms.